The Bertz CT molecular complexity index is 554. The van der Waals surface area contributed by atoms with Gasteiger partial charge < -0.3 is 5.32 Å². The predicted molar refractivity (Wildman–Crippen MR) is 92.1 cm³/mol. The summed E-state index contributed by atoms with van der Waals surface area (Å²) in [7, 11) is 0. The summed E-state index contributed by atoms with van der Waals surface area (Å²) in [5.41, 5.74) is 5.14. The van der Waals surface area contributed by atoms with E-state index < -0.39 is 0 Å². The Morgan fingerprint density at radius 1 is 1.00 bits per heavy atom. The Morgan fingerprint density at radius 3 is 2.33 bits per heavy atom. The maximum Gasteiger partial charge on any atom is 0.0411 e. The van der Waals surface area contributed by atoms with Gasteiger partial charge in [-0.15, -0.1) is 0 Å². The highest BCUT2D eigenvalue weighted by Gasteiger charge is 2.12. The van der Waals surface area contributed by atoms with Crippen molar-refractivity contribution in [3.63, 3.8) is 0 Å². The minimum atomic E-state index is 0.310. The molecule has 0 saturated heterocycles. The van der Waals surface area contributed by atoms with Crippen LogP contribution in [0.1, 0.15) is 41.6 Å². The average molecular weight is 302 g/mol. The van der Waals surface area contributed by atoms with E-state index >= 15 is 0 Å². The van der Waals surface area contributed by atoms with Crippen LogP contribution in [0, 0.1) is 13.8 Å². The van der Waals surface area contributed by atoms with Crippen LogP contribution in [0.3, 0.4) is 0 Å². The first-order valence-corrected chi connectivity index (χ1v) is 8.02. The summed E-state index contributed by atoms with van der Waals surface area (Å²) in [5.74, 6) is 0. The van der Waals surface area contributed by atoms with Crippen molar-refractivity contribution in [1.29, 1.82) is 0 Å². The molecule has 0 spiro atoms. The summed E-state index contributed by atoms with van der Waals surface area (Å²) in [6.45, 7) is 7.43. The zero-order valence-electron chi connectivity index (χ0n) is 13.1. The molecule has 1 N–H and O–H groups in total. The minimum Gasteiger partial charge on any atom is -0.310 e. The molecular formula is C19H24ClN. The van der Waals surface area contributed by atoms with Crippen molar-refractivity contribution < 1.29 is 0 Å². The smallest absolute Gasteiger partial charge is 0.0411 e. The van der Waals surface area contributed by atoms with Crippen LogP contribution in [0.15, 0.2) is 42.5 Å². The normalized spacial score (nSPS) is 12.4. The number of rotatable bonds is 6. The number of hydrogen-bond donors (Lipinski definition) is 1. The van der Waals surface area contributed by atoms with Crippen LogP contribution in [0.4, 0.5) is 0 Å². The van der Waals surface area contributed by atoms with E-state index in [0.717, 1.165) is 24.4 Å². The first-order valence-electron chi connectivity index (χ1n) is 7.64. The lowest BCUT2D eigenvalue weighted by Crippen LogP contribution is -2.24. The van der Waals surface area contributed by atoms with Gasteiger partial charge in [-0.2, -0.15) is 0 Å². The third-order valence-electron chi connectivity index (χ3n) is 3.67. The number of nitrogens with one attached hydrogen (secondary N) is 1. The Balaban J connectivity index is 2.22. The fraction of sp³-hybridized carbons (Fsp3) is 0.368. The molecule has 0 fully saturated rings. The molecule has 2 aromatic rings. The first kappa shape index (κ1) is 16.1. The number of benzene rings is 2. The number of halogens is 1. The number of hydrogen-bond acceptors (Lipinski definition) is 1. The van der Waals surface area contributed by atoms with Crippen LogP contribution >= 0.6 is 11.6 Å². The van der Waals surface area contributed by atoms with E-state index in [1.165, 1.54) is 22.3 Å². The molecule has 1 atom stereocenters. The summed E-state index contributed by atoms with van der Waals surface area (Å²) in [6.07, 6.45) is 2.12. The summed E-state index contributed by atoms with van der Waals surface area (Å²) in [5, 5.41) is 4.46. The highest BCUT2D eigenvalue weighted by atomic mass is 35.5. The van der Waals surface area contributed by atoms with Gasteiger partial charge in [-0.25, -0.2) is 0 Å². The largest absolute Gasteiger partial charge is 0.310 e. The molecule has 0 bridgehead atoms. The van der Waals surface area contributed by atoms with Crippen LogP contribution in [0.5, 0.6) is 0 Å². The van der Waals surface area contributed by atoms with E-state index in [-0.39, 0.29) is 0 Å². The summed E-state index contributed by atoms with van der Waals surface area (Å²) in [6, 6.07) is 15.4. The molecule has 0 aliphatic carbocycles. The lowest BCUT2D eigenvalue weighted by molar-refractivity contribution is 0.529. The lowest BCUT2D eigenvalue weighted by Gasteiger charge is -2.20. The molecule has 2 rings (SSSR count). The van der Waals surface area contributed by atoms with Crippen molar-refractivity contribution in [2.75, 3.05) is 6.54 Å². The van der Waals surface area contributed by atoms with Crippen LogP contribution < -0.4 is 5.32 Å². The molecule has 0 radical (unpaired) electrons. The van der Waals surface area contributed by atoms with Crippen molar-refractivity contribution in [3.8, 4) is 0 Å². The molecule has 2 aromatic carbocycles. The fourth-order valence-corrected chi connectivity index (χ4v) is 2.85. The van der Waals surface area contributed by atoms with E-state index in [9.17, 15) is 0 Å². The van der Waals surface area contributed by atoms with E-state index in [1.54, 1.807) is 0 Å². The molecule has 1 nitrogen and oxygen atoms in total. The van der Waals surface area contributed by atoms with Gasteiger partial charge in [-0.1, -0.05) is 54.4 Å². The molecule has 0 saturated carbocycles. The zero-order chi connectivity index (χ0) is 15.2. The van der Waals surface area contributed by atoms with E-state index in [1.807, 2.05) is 6.07 Å². The highest BCUT2D eigenvalue weighted by Crippen LogP contribution is 2.23. The molecule has 21 heavy (non-hydrogen) atoms. The van der Waals surface area contributed by atoms with Gasteiger partial charge in [-0.05, 0) is 62.1 Å². The number of aryl methyl sites for hydroxylation is 2. The summed E-state index contributed by atoms with van der Waals surface area (Å²) in [4.78, 5) is 0. The minimum absolute atomic E-state index is 0.310. The maximum absolute atomic E-state index is 6.22. The van der Waals surface area contributed by atoms with Crippen LogP contribution in [0.2, 0.25) is 5.02 Å². The van der Waals surface area contributed by atoms with Gasteiger partial charge in [0, 0.05) is 11.1 Å². The summed E-state index contributed by atoms with van der Waals surface area (Å²) < 4.78 is 0. The summed E-state index contributed by atoms with van der Waals surface area (Å²) >= 11 is 6.22. The third kappa shape index (κ3) is 4.87. The van der Waals surface area contributed by atoms with E-state index in [4.69, 9.17) is 11.6 Å². The quantitative estimate of drug-likeness (QED) is 0.769. The van der Waals surface area contributed by atoms with E-state index in [0.29, 0.717) is 6.04 Å². The van der Waals surface area contributed by atoms with Gasteiger partial charge in [-0.3, -0.25) is 0 Å². The van der Waals surface area contributed by atoms with Crippen molar-refractivity contribution in [1.82, 2.24) is 5.32 Å². The van der Waals surface area contributed by atoms with Crippen LogP contribution in [-0.2, 0) is 6.42 Å². The third-order valence-corrected chi connectivity index (χ3v) is 3.89. The second-order valence-corrected chi connectivity index (χ2v) is 6.19. The van der Waals surface area contributed by atoms with Crippen LogP contribution in [0.25, 0.3) is 0 Å². The van der Waals surface area contributed by atoms with Crippen LogP contribution in [-0.4, -0.2) is 6.54 Å². The van der Waals surface area contributed by atoms with Crippen molar-refractivity contribution in [3.05, 3.63) is 69.7 Å². The van der Waals surface area contributed by atoms with E-state index in [2.05, 4.69) is 62.5 Å². The molecule has 2 heteroatoms. The van der Waals surface area contributed by atoms with Gasteiger partial charge in [0.15, 0.2) is 0 Å². The molecule has 0 heterocycles. The SMILES string of the molecule is CCCNC(Cc1ccc(C)cc1)c1cc(C)cc(Cl)c1. The van der Waals surface area contributed by atoms with Crippen molar-refractivity contribution in [2.24, 2.45) is 0 Å². The fourth-order valence-electron chi connectivity index (χ4n) is 2.55. The Labute approximate surface area is 133 Å². The monoisotopic (exact) mass is 301 g/mol. The average Bonchev–Trinajstić information content (AvgIpc) is 2.44. The Kier molecular flexibility index (Phi) is 5.84. The second-order valence-electron chi connectivity index (χ2n) is 5.76. The van der Waals surface area contributed by atoms with Crippen molar-refractivity contribution in [2.45, 2.75) is 39.7 Å². The predicted octanol–water partition coefficient (Wildman–Crippen LogP) is 5.24. The van der Waals surface area contributed by atoms with Gasteiger partial charge in [0.05, 0.1) is 0 Å². The Morgan fingerprint density at radius 2 is 1.71 bits per heavy atom. The van der Waals surface area contributed by atoms with Crippen molar-refractivity contribution >= 4 is 11.6 Å². The Hall–Kier alpha value is -1.31. The second kappa shape index (κ2) is 7.63. The first-order chi connectivity index (χ1) is 10.1. The molecule has 0 aliphatic rings. The molecule has 0 amide bonds. The maximum atomic E-state index is 6.22. The molecular weight excluding hydrogens is 278 g/mol. The van der Waals surface area contributed by atoms with Gasteiger partial charge in [0.2, 0.25) is 0 Å². The zero-order valence-corrected chi connectivity index (χ0v) is 13.9. The molecule has 0 aliphatic heterocycles. The molecule has 112 valence electrons. The lowest BCUT2D eigenvalue weighted by atomic mass is 9.97. The van der Waals surface area contributed by atoms with Gasteiger partial charge in [0.1, 0.15) is 0 Å². The topological polar surface area (TPSA) is 12.0 Å². The molecule has 1 unspecified atom stereocenters. The highest BCUT2D eigenvalue weighted by molar-refractivity contribution is 6.30. The van der Waals surface area contributed by atoms with Gasteiger partial charge in [0.25, 0.3) is 0 Å². The van der Waals surface area contributed by atoms with Gasteiger partial charge >= 0.3 is 0 Å². The standard InChI is InChI=1S/C19H24ClN/c1-4-9-21-19(12-16-7-5-14(2)6-8-16)17-10-15(3)11-18(20)13-17/h5-8,10-11,13,19,21H,4,9,12H2,1-3H3. The molecule has 0 aromatic heterocycles.